The van der Waals surface area contributed by atoms with Crippen LogP contribution in [0.25, 0.3) is 11.0 Å². The van der Waals surface area contributed by atoms with Gasteiger partial charge in [0, 0.05) is 5.41 Å². The molecule has 0 fully saturated rings. The van der Waals surface area contributed by atoms with Crippen molar-refractivity contribution in [3.8, 4) is 0 Å². The highest BCUT2D eigenvalue weighted by molar-refractivity contribution is 5.83. The summed E-state index contributed by atoms with van der Waals surface area (Å²) in [5, 5.41) is 0. The highest BCUT2D eigenvalue weighted by atomic mass is 16.1. The summed E-state index contributed by atoms with van der Waals surface area (Å²) in [6, 6.07) is 8.09. The van der Waals surface area contributed by atoms with Crippen LogP contribution in [0.2, 0.25) is 0 Å². The number of carbonyl (C=O) groups excluding carboxylic acids is 1. The van der Waals surface area contributed by atoms with Crippen LogP contribution in [-0.2, 0) is 17.9 Å². The second kappa shape index (κ2) is 6.08. The van der Waals surface area contributed by atoms with Gasteiger partial charge in [-0.1, -0.05) is 32.9 Å². The smallest absolute Gasteiger partial charge is 0.337 e. The maximum Gasteiger partial charge on any atom is 0.356 e. The summed E-state index contributed by atoms with van der Waals surface area (Å²) in [6.45, 7) is 7.97. The van der Waals surface area contributed by atoms with Gasteiger partial charge in [-0.2, -0.15) is 0 Å². The van der Waals surface area contributed by atoms with Crippen molar-refractivity contribution >= 4 is 22.8 Å². The number of nitrogen functional groups attached to an aromatic ring is 1. The van der Waals surface area contributed by atoms with Gasteiger partial charge >= 0.3 is 5.95 Å². The van der Waals surface area contributed by atoms with Gasteiger partial charge in [0.2, 0.25) is 0 Å². The van der Waals surface area contributed by atoms with Crippen molar-refractivity contribution in [3.05, 3.63) is 24.3 Å². The van der Waals surface area contributed by atoms with Gasteiger partial charge in [-0.3, -0.25) is 10.5 Å². The monoisotopic (exact) mass is 304 g/mol. The first-order valence-electron chi connectivity index (χ1n) is 7.80. The number of anilines is 1. The summed E-state index contributed by atoms with van der Waals surface area (Å²) in [6.07, 6.45) is 0. The largest absolute Gasteiger partial charge is 0.356 e. The predicted octanol–water partition coefficient (Wildman–Crippen LogP) is 0.271. The van der Waals surface area contributed by atoms with Crippen LogP contribution in [0.4, 0.5) is 5.95 Å². The minimum Gasteiger partial charge on any atom is -0.337 e. The van der Waals surface area contributed by atoms with E-state index in [1.165, 1.54) is 4.90 Å². The Bertz CT molecular complexity index is 680. The second-order valence-corrected chi connectivity index (χ2v) is 7.21. The molecule has 1 heterocycles. The number of para-hydroxylation sites is 2. The summed E-state index contributed by atoms with van der Waals surface area (Å²) in [4.78, 5) is 13.8. The summed E-state index contributed by atoms with van der Waals surface area (Å²) in [7, 11) is 4.25. The van der Waals surface area contributed by atoms with E-state index >= 15 is 0 Å². The molecule has 0 aliphatic heterocycles. The number of carbonyl (C=O) groups is 1. The van der Waals surface area contributed by atoms with E-state index < -0.39 is 0 Å². The molecule has 0 unspecified atom stereocenters. The lowest BCUT2D eigenvalue weighted by atomic mass is 9.91. The molecule has 2 aromatic rings. The molecule has 0 aliphatic carbocycles. The van der Waals surface area contributed by atoms with Crippen molar-refractivity contribution in [3.63, 3.8) is 0 Å². The number of fused-ring (bicyclic) bond motifs is 1. The summed E-state index contributed by atoms with van der Waals surface area (Å²) in [5.41, 5.74) is 8.10. The van der Waals surface area contributed by atoms with E-state index in [-0.39, 0.29) is 11.2 Å². The van der Waals surface area contributed by atoms with Crippen molar-refractivity contribution in [2.45, 2.75) is 33.9 Å². The van der Waals surface area contributed by atoms with Gasteiger partial charge in [0.25, 0.3) is 0 Å². The molecule has 5 nitrogen and oxygen atoms in total. The number of nitrogens with two attached hydrogens (primary N) is 1. The van der Waals surface area contributed by atoms with E-state index in [1.807, 2.05) is 43.5 Å². The Morgan fingerprint density at radius 2 is 1.91 bits per heavy atom. The predicted molar refractivity (Wildman–Crippen MR) is 88.7 cm³/mol. The van der Waals surface area contributed by atoms with Crippen LogP contribution in [0.5, 0.6) is 0 Å². The Labute approximate surface area is 132 Å². The van der Waals surface area contributed by atoms with E-state index in [9.17, 15) is 4.79 Å². The quantitative estimate of drug-likeness (QED) is 0.779. The molecular weight excluding hydrogens is 276 g/mol. The number of benzene rings is 1. The average Bonchev–Trinajstić information content (AvgIpc) is 2.68. The maximum absolute atomic E-state index is 12.4. The molecular formula is C17H28N4O+2. The maximum atomic E-state index is 12.4. The number of likely N-dealkylation sites (N-methyl/N-ethyl adjacent to an activating group) is 1. The first-order valence-corrected chi connectivity index (χ1v) is 7.80. The van der Waals surface area contributed by atoms with Crippen molar-refractivity contribution in [2.75, 3.05) is 26.4 Å². The van der Waals surface area contributed by atoms with Gasteiger partial charge in [0.1, 0.15) is 30.7 Å². The van der Waals surface area contributed by atoms with Gasteiger partial charge in [-0.25, -0.2) is 9.13 Å². The van der Waals surface area contributed by atoms with Crippen molar-refractivity contribution in [2.24, 2.45) is 5.41 Å². The number of nitrogens with one attached hydrogen (secondary N) is 1. The summed E-state index contributed by atoms with van der Waals surface area (Å²) < 4.78 is 4.05. The van der Waals surface area contributed by atoms with Crippen molar-refractivity contribution in [1.29, 1.82) is 0 Å². The molecule has 0 bridgehead atoms. The molecule has 0 saturated heterocycles. The van der Waals surface area contributed by atoms with Gasteiger partial charge in [0.05, 0.1) is 14.1 Å². The second-order valence-electron chi connectivity index (χ2n) is 7.21. The molecule has 3 N–H and O–H groups in total. The Hall–Kier alpha value is -1.88. The van der Waals surface area contributed by atoms with E-state index in [2.05, 4.69) is 24.7 Å². The van der Waals surface area contributed by atoms with Crippen LogP contribution in [-0.4, -0.2) is 31.0 Å². The number of hydrogen-bond donors (Lipinski definition) is 2. The minimum atomic E-state index is -0.365. The molecule has 120 valence electrons. The summed E-state index contributed by atoms with van der Waals surface area (Å²) in [5.74, 6) is 0.838. The van der Waals surface area contributed by atoms with E-state index in [4.69, 9.17) is 5.73 Å². The van der Waals surface area contributed by atoms with Gasteiger partial charge in [-0.05, 0) is 12.1 Å². The lowest BCUT2D eigenvalue weighted by Crippen LogP contribution is -3.06. The molecule has 0 amide bonds. The molecule has 1 aromatic heterocycles. The number of rotatable bonds is 5. The fraction of sp³-hybridized carbons (Fsp3) is 0.529. The van der Waals surface area contributed by atoms with Gasteiger partial charge in [-0.15, -0.1) is 0 Å². The molecule has 0 radical (unpaired) electrons. The first kappa shape index (κ1) is 16.5. The van der Waals surface area contributed by atoms with Crippen LogP contribution in [0, 0.1) is 5.41 Å². The minimum absolute atomic E-state index is 0.185. The van der Waals surface area contributed by atoms with E-state index in [0.717, 1.165) is 24.1 Å². The average molecular weight is 304 g/mol. The number of hydrogen-bond acceptors (Lipinski definition) is 2. The molecule has 22 heavy (non-hydrogen) atoms. The van der Waals surface area contributed by atoms with Crippen LogP contribution in [0.3, 0.4) is 0 Å². The van der Waals surface area contributed by atoms with Crippen LogP contribution in [0.1, 0.15) is 20.8 Å². The Morgan fingerprint density at radius 3 is 2.50 bits per heavy atom. The molecule has 0 aliphatic rings. The van der Waals surface area contributed by atoms with Crippen molar-refractivity contribution in [1.82, 2.24) is 4.57 Å². The Morgan fingerprint density at radius 1 is 1.27 bits per heavy atom. The number of Topliss-reactive ketones (excluding diaryl/α,β-unsaturated/α-hetero) is 1. The fourth-order valence-corrected chi connectivity index (χ4v) is 2.43. The highest BCUT2D eigenvalue weighted by Gasteiger charge is 2.28. The number of imidazole rings is 1. The Kier molecular flexibility index (Phi) is 4.56. The molecule has 5 heteroatoms. The molecule has 0 atom stereocenters. The lowest BCUT2D eigenvalue weighted by molar-refractivity contribution is -0.858. The van der Waals surface area contributed by atoms with Crippen LogP contribution < -0.4 is 15.2 Å². The van der Waals surface area contributed by atoms with Crippen LogP contribution >= 0.6 is 0 Å². The topological polar surface area (TPSA) is 56.3 Å². The molecule has 2 rings (SSSR count). The van der Waals surface area contributed by atoms with Gasteiger partial charge < -0.3 is 4.90 Å². The number of quaternary nitrogens is 1. The first-order chi connectivity index (χ1) is 10.2. The standard InChI is InChI=1S/C17H26N4O/c1-17(2,3)15(22)12-21-14-9-7-6-8-13(14)20(16(21)18)11-10-19(4)5/h6-9,18H,10-12H2,1-5H3/p+2. The highest BCUT2D eigenvalue weighted by Crippen LogP contribution is 2.18. The molecule has 0 saturated carbocycles. The van der Waals surface area contributed by atoms with Crippen LogP contribution in [0.15, 0.2) is 24.3 Å². The third kappa shape index (κ3) is 3.30. The SMILES string of the molecule is C[NH+](C)CCn1c(N)[n+](CC(=O)C(C)(C)C)c2ccccc21. The zero-order valence-electron chi connectivity index (χ0n) is 14.3. The zero-order chi connectivity index (χ0) is 16.5. The third-order valence-corrected chi connectivity index (χ3v) is 3.99. The normalized spacial score (nSPS) is 12.3. The molecule has 0 spiro atoms. The third-order valence-electron chi connectivity index (χ3n) is 3.99. The molecule has 1 aromatic carbocycles. The Balaban J connectivity index is 2.46. The van der Waals surface area contributed by atoms with Crippen molar-refractivity contribution < 1.29 is 14.3 Å². The summed E-state index contributed by atoms with van der Waals surface area (Å²) >= 11 is 0. The fourth-order valence-electron chi connectivity index (χ4n) is 2.43. The number of aromatic nitrogens is 2. The van der Waals surface area contributed by atoms with E-state index in [1.54, 1.807) is 0 Å². The van der Waals surface area contributed by atoms with Gasteiger partial charge in [0.15, 0.2) is 5.78 Å². The number of nitrogens with zero attached hydrogens (tertiary/aromatic N) is 2. The zero-order valence-corrected chi connectivity index (χ0v) is 14.3. The lowest BCUT2D eigenvalue weighted by Gasteiger charge is -2.15. The number of ketones is 1. The van der Waals surface area contributed by atoms with E-state index in [0.29, 0.717) is 12.5 Å².